The summed E-state index contributed by atoms with van der Waals surface area (Å²) >= 11 is 0. The largest absolute Gasteiger partial charge is 0.331 e. The van der Waals surface area contributed by atoms with Gasteiger partial charge in [-0.25, -0.2) is 0 Å². The highest BCUT2D eigenvalue weighted by Gasteiger charge is 2.30. The number of hydrogen-bond acceptors (Lipinski definition) is 1. The van der Waals surface area contributed by atoms with Crippen LogP contribution in [0.3, 0.4) is 0 Å². The summed E-state index contributed by atoms with van der Waals surface area (Å²) in [6, 6.07) is 30.5. The van der Waals surface area contributed by atoms with E-state index in [0.29, 0.717) is 13.1 Å². The Morgan fingerprint density at radius 2 is 1.34 bits per heavy atom. The van der Waals surface area contributed by atoms with E-state index in [0.717, 1.165) is 11.1 Å². The molecule has 0 saturated carbocycles. The highest BCUT2D eigenvalue weighted by molar-refractivity contribution is 6.95. The molecule has 3 aromatic rings. The minimum Gasteiger partial charge on any atom is -0.331 e. The molecule has 3 heteroatoms. The second-order valence-corrected chi connectivity index (χ2v) is 12.3. The number of allylic oxidation sites excluding steroid dienone is 1. The van der Waals surface area contributed by atoms with E-state index in [9.17, 15) is 4.79 Å². The minimum absolute atomic E-state index is 0.0756. The first-order valence-corrected chi connectivity index (χ1v) is 13.1. The molecule has 1 amide bonds. The Bertz CT molecular complexity index is 950. The third-order valence-electron chi connectivity index (χ3n) is 5.53. The second kappa shape index (κ2) is 9.53. The van der Waals surface area contributed by atoms with E-state index in [-0.39, 0.29) is 5.91 Å². The number of hydrogen-bond donors (Lipinski definition) is 0. The maximum atomic E-state index is 13.4. The smallest absolute Gasteiger partial charge is 0.254 e. The second-order valence-electron chi connectivity index (χ2n) is 7.82. The predicted molar refractivity (Wildman–Crippen MR) is 125 cm³/mol. The summed E-state index contributed by atoms with van der Waals surface area (Å²) in [4.78, 5) is 15.4. The van der Waals surface area contributed by atoms with E-state index in [1.165, 1.54) is 10.4 Å². The van der Waals surface area contributed by atoms with E-state index < -0.39 is 8.07 Å². The van der Waals surface area contributed by atoms with Gasteiger partial charge in [-0.15, -0.1) is 0 Å². The zero-order valence-corrected chi connectivity index (χ0v) is 18.5. The summed E-state index contributed by atoms with van der Waals surface area (Å²) in [5, 5.41) is 2.75. The summed E-state index contributed by atoms with van der Waals surface area (Å²) in [5.41, 5.74) is 1.88. The molecule has 0 aromatic heterocycles. The highest BCUT2D eigenvalue weighted by Crippen LogP contribution is 2.20. The van der Waals surface area contributed by atoms with Gasteiger partial charge in [-0.1, -0.05) is 108 Å². The molecule has 3 aromatic carbocycles. The van der Waals surface area contributed by atoms with E-state index in [1.54, 1.807) is 0 Å². The number of amides is 1. The van der Waals surface area contributed by atoms with Gasteiger partial charge in [-0.3, -0.25) is 4.79 Å². The summed E-state index contributed by atoms with van der Waals surface area (Å²) in [5.74, 6) is 0.0756. The first kappa shape index (κ1) is 20.8. The van der Waals surface area contributed by atoms with Gasteiger partial charge >= 0.3 is 0 Å². The maximum Gasteiger partial charge on any atom is 0.254 e. The van der Waals surface area contributed by atoms with Crippen LogP contribution in [0.5, 0.6) is 0 Å². The number of nitrogens with zero attached hydrogens (tertiary/aromatic N) is 1. The molecule has 0 saturated heterocycles. The Morgan fingerprint density at radius 3 is 1.90 bits per heavy atom. The predicted octanol–water partition coefficient (Wildman–Crippen LogP) is 5.43. The van der Waals surface area contributed by atoms with Gasteiger partial charge in [0.05, 0.1) is 0 Å². The Labute approximate surface area is 175 Å². The van der Waals surface area contributed by atoms with Crippen LogP contribution >= 0.6 is 0 Å². The van der Waals surface area contributed by atoms with Crippen molar-refractivity contribution in [1.82, 2.24) is 4.90 Å². The lowest BCUT2D eigenvalue weighted by molar-refractivity contribution is 0.0760. The van der Waals surface area contributed by atoms with Gasteiger partial charge < -0.3 is 4.90 Å². The van der Waals surface area contributed by atoms with Crippen LogP contribution in [0, 0.1) is 0 Å². The molecule has 2 nitrogen and oxygen atoms in total. The molecule has 3 rings (SSSR count). The zero-order chi connectivity index (χ0) is 20.7. The van der Waals surface area contributed by atoms with Gasteiger partial charge in [0, 0.05) is 18.7 Å². The molecule has 0 atom stereocenters. The SMILES string of the molecule is C/C=C(/CN(Cc1ccccc1)C(=O)c1ccccc1)[Si](C)(C)c1ccccc1. The first-order valence-electron chi connectivity index (χ1n) is 10.1. The summed E-state index contributed by atoms with van der Waals surface area (Å²) in [6.45, 7) is 8.08. The van der Waals surface area contributed by atoms with Gasteiger partial charge in [0.15, 0.2) is 0 Å². The molecule has 0 N–H and O–H groups in total. The van der Waals surface area contributed by atoms with Gasteiger partial charge in [0.2, 0.25) is 0 Å². The van der Waals surface area contributed by atoms with E-state index in [4.69, 9.17) is 0 Å². The number of rotatable bonds is 7. The quantitative estimate of drug-likeness (QED) is 0.485. The normalized spacial score (nSPS) is 11.9. The summed E-state index contributed by atoms with van der Waals surface area (Å²) < 4.78 is 0. The van der Waals surface area contributed by atoms with Crippen LogP contribution in [-0.2, 0) is 6.54 Å². The van der Waals surface area contributed by atoms with E-state index >= 15 is 0 Å². The molecule has 0 aliphatic rings. The van der Waals surface area contributed by atoms with Crippen molar-refractivity contribution in [1.29, 1.82) is 0 Å². The van der Waals surface area contributed by atoms with Crippen molar-refractivity contribution < 1.29 is 4.79 Å². The van der Waals surface area contributed by atoms with Crippen LogP contribution in [0.15, 0.2) is 102 Å². The third-order valence-corrected chi connectivity index (χ3v) is 9.36. The average molecular weight is 400 g/mol. The Hall–Kier alpha value is -2.91. The van der Waals surface area contributed by atoms with Crippen LogP contribution in [0.1, 0.15) is 22.8 Å². The number of carbonyl (C=O) groups is 1. The van der Waals surface area contributed by atoms with Crippen LogP contribution in [-0.4, -0.2) is 25.4 Å². The van der Waals surface area contributed by atoms with Crippen LogP contribution in [0.2, 0.25) is 13.1 Å². The Balaban J connectivity index is 1.92. The average Bonchev–Trinajstić information content (AvgIpc) is 2.78. The van der Waals surface area contributed by atoms with Crippen molar-refractivity contribution in [2.24, 2.45) is 0 Å². The standard InChI is InChI=1S/C26H29NOSi/c1-4-24(29(2,3)25-18-12-7-13-19-25)21-27(20-22-14-8-5-9-15-22)26(28)23-16-10-6-11-17-23/h4-19H,20-21H2,1-3H3/b24-4-. The summed E-state index contributed by atoms with van der Waals surface area (Å²) in [7, 11) is -1.87. The molecule has 29 heavy (non-hydrogen) atoms. The lowest BCUT2D eigenvalue weighted by Crippen LogP contribution is -2.48. The minimum atomic E-state index is -1.87. The fourth-order valence-corrected chi connectivity index (χ4v) is 6.37. The van der Waals surface area contributed by atoms with Gasteiger partial charge in [0.1, 0.15) is 8.07 Å². The monoisotopic (exact) mass is 399 g/mol. The first-order chi connectivity index (χ1) is 14.0. The van der Waals surface area contributed by atoms with Crippen molar-refractivity contribution in [2.75, 3.05) is 6.54 Å². The van der Waals surface area contributed by atoms with Crippen molar-refractivity contribution in [2.45, 2.75) is 26.6 Å². The third kappa shape index (κ3) is 5.12. The Kier molecular flexibility index (Phi) is 6.84. The lowest BCUT2D eigenvalue weighted by Gasteiger charge is -2.32. The van der Waals surface area contributed by atoms with Crippen LogP contribution < -0.4 is 5.19 Å². The van der Waals surface area contributed by atoms with Crippen molar-refractivity contribution in [3.8, 4) is 0 Å². The van der Waals surface area contributed by atoms with Crippen molar-refractivity contribution in [3.63, 3.8) is 0 Å². The maximum absolute atomic E-state index is 13.4. The molecule has 0 aliphatic carbocycles. The summed E-state index contributed by atoms with van der Waals surface area (Å²) in [6.07, 6.45) is 2.22. The molecule has 0 spiro atoms. The molecule has 0 aliphatic heterocycles. The molecule has 0 fully saturated rings. The molecular formula is C26H29NOSi. The van der Waals surface area contributed by atoms with Gasteiger partial charge in [-0.2, -0.15) is 0 Å². The highest BCUT2D eigenvalue weighted by atomic mass is 28.3. The molecule has 0 bridgehead atoms. The molecular weight excluding hydrogens is 370 g/mol. The van der Waals surface area contributed by atoms with E-state index in [1.807, 2.05) is 53.4 Å². The number of benzene rings is 3. The molecule has 0 heterocycles. The fourth-order valence-electron chi connectivity index (χ4n) is 3.66. The zero-order valence-electron chi connectivity index (χ0n) is 17.5. The van der Waals surface area contributed by atoms with Crippen LogP contribution in [0.4, 0.5) is 0 Å². The topological polar surface area (TPSA) is 20.3 Å². The lowest BCUT2D eigenvalue weighted by atomic mass is 10.1. The fraction of sp³-hybridized carbons (Fsp3) is 0.192. The van der Waals surface area contributed by atoms with Crippen molar-refractivity contribution in [3.05, 3.63) is 113 Å². The van der Waals surface area contributed by atoms with E-state index in [2.05, 4.69) is 68.6 Å². The molecule has 148 valence electrons. The van der Waals surface area contributed by atoms with Gasteiger partial charge in [0.25, 0.3) is 5.91 Å². The van der Waals surface area contributed by atoms with Crippen molar-refractivity contribution >= 4 is 19.2 Å². The Morgan fingerprint density at radius 1 is 0.828 bits per heavy atom. The van der Waals surface area contributed by atoms with Gasteiger partial charge in [-0.05, 0) is 24.6 Å². The number of carbonyl (C=O) groups excluding carboxylic acids is 1. The molecule has 0 unspecified atom stereocenters. The van der Waals surface area contributed by atoms with Crippen LogP contribution in [0.25, 0.3) is 0 Å². The molecule has 0 radical (unpaired) electrons.